The second kappa shape index (κ2) is 9.64. The molecule has 0 saturated heterocycles. The van der Waals surface area contributed by atoms with E-state index in [4.69, 9.17) is 32.7 Å². The highest BCUT2D eigenvalue weighted by Crippen LogP contribution is 2.32. The van der Waals surface area contributed by atoms with E-state index >= 15 is 0 Å². The van der Waals surface area contributed by atoms with Crippen LogP contribution in [0, 0.1) is 0 Å². The number of benzene rings is 2. The lowest BCUT2D eigenvalue weighted by molar-refractivity contribution is -0.0512. The Hall–Kier alpha value is -3.04. The molecule has 1 amide bonds. The van der Waals surface area contributed by atoms with E-state index in [0.29, 0.717) is 16.5 Å². The summed E-state index contributed by atoms with van der Waals surface area (Å²) in [5, 5.41) is 7.35. The van der Waals surface area contributed by atoms with E-state index in [9.17, 15) is 13.6 Å². The van der Waals surface area contributed by atoms with Crippen molar-refractivity contribution in [1.29, 1.82) is 0 Å². The molecule has 7 nitrogen and oxygen atoms in total. The molecule has 1 aromatic heterocycles. The van der Waals surface area contributed by atoms with Gasteiger partial charge in [-0.1, -0.05) is 29.3 Å². The van der Waals surface area contributed by atoms with Crippen molar-refractivity contribution in [3.05, 3.63) is 64.4 Å². The number of rotatable bonds is 8. The third-order valence-electron chi connectivity index (χ3n) is 3.78. The lowest BCUT2D eigenvalue weighted by Gasteiger charge is -2.11. The van der Waals surface area contributed by atoms with Crippen molar-refractivity contribution in [2.24, 2.45) is 0 Å². The van der Waals surface area contributed by atoms with Crippen LogP contribution in [0.2, 0.25) is 10.0 Å². The van der Waals surface area contributed by atoms with Crippen LogP contribution in [0.1, 0.15) is 10.5 Å². The molecule has 158 valence electrons. The summed E-state index contributed by atoms with van der Waals surface area (Å²) in [6.07, 6.45) is 1.55. The zero-order valence-electron chi connectivity index (χ0n) is 15.4. The van der Waals surface area contributed by atoms with Gasteiger partial charge in [-0.05, 0) is 30.3 Å². The van der Waals surface area contributed by atoms with E-state index in [2.05, 4.69) is 15.2 Å². The lowest BCUT2D eigenvalue weighted by Crippen LogP contribution is -2.14. The standard InChI is InChI=1S/C19H15Cl2F2N3O4/c1-28-16-9-11(5-6-14(16)30-19(22)23)24-18(27)13-7-8-26(25-13)10-29-15-4-2-3-12(20)17(15)21/h2-9,19H,10H2,1H3,(H,24,27). The van der Waals surface area contributed by atoms with Crippen LogP contribution in [0.15, 0.2) is 48.7 Å². The minimum atomic E-state index is -2.99. The van der Waals surface area contributed by atoms with Gasteiger partial charge in [0, 0.05) is 18.0 Å². The first kappa shape index (κ1) is 21.7. The van der Waals surface area contributed by atoms with Gasteiger partial charge in [-0.15, -0.1) is 0 Å². The second-order valence-corrected chi connectivity index (χ2v) is 6.55. The molecule has 1 heterocycles. The molecule has 0 atom stereocenters. The highest BCUT2D eigenvalue weighted by molar-refractivity contribution is 6.42. The second-order valence-electron chi connectivity index (χ2n) is 5.76. The SMILES string of the molecule is COc1cc(NC(=O)c2ccn(COc3cccc(Cl)c3Cl)n2)ccc1OC(F)F. The number of hydrogen-bond donors (Lipinski definition) is 1. The molecular formula is C19H15Cl2F2N3O4. The first-order valence-corrected chi connectivity index (χ1v) is 9.17. The maximum Gasteiger partial charge on any atom is 0.387 e. The predicted octanol–water partition coefficient (Wildman–Crippen LogP) is 5.09. The van der Waals surface area contributed by atoms with Crippen molar-refractivity contribution in [2.45, 2.75) is 13.3 Å². The lowest BCUT2D eigenvalue weighted by atomic mass is 10.2. The number of carbonyl (C=O) groups is 1. The zero-order valence-corrected chi connectivity index (χ0v) is 17.0. The summed E-state index contributed by atoms with van der Waals surface area (Å²) < 4.78 is 41.1. The Bertz CT molecular complexity index is 1050. The molecule has 3 aromatic rings. The molecule has 0 bridgehead atoms. The Morgan fingerprint density at radius 3 is 2.70 bits per heavy atom. The molecule has 11 heteroatoms. The number of methoxy groups -OCH3 is 1. The van der Waals surface area contributed by atoms with Crippen LogP contribution in [0.3, 0.4) is 0 Å². The van der Waals surface area contributed by atoms with Gasteiger partial charge in [-0.3, -0.25) is 4.79 Å². The molecule has 0 aliphatic rings. The molecule has 0 saturated carbocycles. The van der Waals surface area contributed by atoms with Crippen LogP contribution in [0.5, 0.6) is 17.2 Å². The van der Waals surface area contributed by atoms with Gasteiger partial charge in [0.1, 0.15) is 10.8 Å². The molecule has 0 fully saturated rings. The highest BCUT2D eigenvalue weighted by Gasteiger charge is 2.14. The van der Waals surface area contributed by atoms with Gasteiger partial charge in [0.2, 0.25) is 0 Å². The number of amides is 1. The van der Waals surface area contributed by atoms with Gasteiger partial charge in [-0.2, -0.15) is 13.9 Å². The van der Waals surface area contributed by atoms with Gasteiger partial charge in [-0.25, -0.2) is 4.68 Å². The van der Waals surface area contributed by atoms with Crippen LogP contribution >= 0.6 is 23.2 Å². The first-order valence-electron chi connectivity index (χ1n) is 8.42. The van der Waals surface area contributed by atoms with Crippen molar-refractivity contribution < 1.29 is 27.8 Å². The minimum Gasteiger partial charge on any atom is -0.493 e. The molecule has 0 radical (unpaired) electrons. The number of ether oxygens (including phenoxy) is 3. The predicted molar refractivity (Wildman–Crippen MR) is 107 cm³/mol. The molecule has 2 aromatic carbocycles. The van der Waals surface area contributed by atoms with E-state index in [0.717, 1.165) is 0 Å². The third kappa shape index (κ3) is 5.31. The van der Waals surface area contributed by atoms with Crippen LogP contribution in [0.4, 0.5) is 14.5 Å². The molecular weight excluding hydrogens is 443 g/mol. The number of alkyl halides is 2. The van der Waals surface area contributed by atoms with Crippen LogP contribution in [0.25, 0.3) is 0 Å². The van der Waals surface area contributed by atoms with Crippen molar-refractivity contribution in [1.82, 2.24) is 9.78 Å². The summed E-state index contributed by atoms with van der Waals surface area (Å²) >= 11 is 12.0. The Labute approximate surface area is 180 Å². The number of nitrogens with zero attached hydrogens (tertiary/aromatic N) is 2. The van der Waals surface area contributed by atoms with Gasteiger partial charge >= 0.3 is 6.61 Å². The molecule has 0 aliphatic carbocycles. The number of aromatic nitrogens is 2. The summed E-state index contributed by atoms with van der Waals surface area (Å²) in [6, 6.07) is 10.5. The highest BCUT2D eigenvalue weighted by atomic mass is 35.5. The van der Waals surface area contributed by atoms with E-state index in [-0.39, 0.29) is 28.9 Å². The van der Waals surface area contributed by atoms with Gasteiger partial charge < -0.3 is 19.5 Å². The molecule has 0 aliphatic heterocycles. The van der Waals surface area contributed by atoms with Gasteiger partial charge in [0.15, 0.2) is 23.9 Å². The third-order valence-corrected chi connectivity index (χ3v) is 4.58. The molecule has 0 spiro atoms. The molecule has 1 N–H and O–H groups in total. The maximum absolute atomic E-state index is 12.4. The summed E-state index contributed by atoms with van der Waals surface area (Å²) in [4.78, 5) is 12.4. The number of hydrogen-bond acceptors (Lipinski definition) is 5. The fourth-order valence-corrected chi connectivity index (χ4v) is 2.77. The van der Waals surface area contributed by atoms with Crippen molar-refractivity contribution in [3.8, 4) is 17.2 Å². The molecule has 3 rings (SSSR count). The number of nitrogens with one attached hydrogen (secondary N) is 1. The van der Waals surface area contributed by atoms with Gasteiger partial charge in [0.05, 0.1) is 12.1 Å². The number of halogens is 4. The molecule has 30 heavy (non-hydrogen) atoms. The number of anilines is 1. The van der Waals surface area contributed by atoms with Crippen LogP contribution in [-0.4, -0.2) is 29.4 Å². The Balaban J connectivity index is 1.64. The summed E-state index contributed by atoms with van der Waals surface area (Å²) in [6.45, 7) is -2.99. The smallest absolute Gasteiger partial charge is 0.387 e. The maximum atomic E-state index is 12.4. The van der Waals surface area contributed by atoms with Crippen LogP contribution in [-0.2, 0) is 6.73 Å². The summed E-state index contributed by atoms with van der Waals surface area (Å²) in [5.74, 6) is -0.236. The first-order chi connectivity index (χ1) is 14.4. The average Bonchev–Trinajstić information content (AvgIpc) is 3.19. The Morgan fingerprint density at radius 2 is 1.97 bits per heavy atom. The monoisotopic (exact) mass is 457 g/mol. The Kier molecular flexibility index (Phi) is 6.96. The van der Waals surface area contributed by atoms with E-state index < -0.39 is 12.5 Å². The van der Waals surface area contributed by atoms with E-state index in [1.165, 1.54) is 36.1 Å². The zero-order chi connectivity index (χ0) is 21.7. The largest absolute Gasteiger partial charge is 0.493 e. The van der Waals surface area contributed by atoms with E-state index in [1.54, 1.807) is 24.4 Å². The quantitative estimate of drug-likeness (QED) is 0.509. The average molecular weight is 458 g/mol. The fourth-order valence-electron chi connectivity index (χ4n) is 2.42. The minimum absolute atomic E-state index is 0.000823. The molecule has 0 unspecified atom stereocenters. The Morgan fingerprint density at radius 1 is 1.17 bits per heavy atom. The van der Waals surface area contributed by atoms with Crippen LogP contribution < -0.4 is 19.5 Å². The van der Waals surface area contributed by atoms with Crippen molar-refractivity contribution in [2.75, 3.05) is 12.4 Å². The summed E-state index contributed by atoms with van der Waals surface area (Å²) in [5.41, 5.74) is 0.428. The van der Waals surface area contributed by atoms with Crippen molar-refractivity contribution in [3.63, 3.8) is 0 Å². The summed E-state index contributed by atoms with van der Waals surface area (Å²) in [7, 11) is 1.30. The topological polar surface area (TPSA) is 74.6 Å². The normalized spacial score (nSPS) is 10.7. The van der Waals surface area contributed by atoms with E-state index in [1.807, 2.05) is 0 Å². The van der Waals surface area contributed by atoms with Crippen molar-refractivity contribution >= 4 is 34.8 Å². The van der Waals surface area contributed by atoms with Gasteiger partial charge in [0.25, 0.3) is 5.91 Å². The fraction of sp³-hybridized carbons (Fsp3) is 0.158. The number of carbonyl (C=O) groups excluding carboxylic acids is 1.